The van der Waals surface area contributed by atoms with Crippen molar-refractivity contribution in [2.75, 3.05) is 0 Å². The summed E-state index contributed by atoms with van der Waals surface area (Å²) in [6, 6.07) is 4.01. The Hall–Kier alpha value is -0.0513. The van der Waals surface area contributed by atoms with Crippen molar-refractivity contribution in [1.82, 2.24) is 4.98 Å². The van der Waals surface area contributed by atoms with Crippen LogP contribution in [0, 0.1) is 0 Å². The molecule has 0 saturated heterocycles. The van der Waals surface area contributed by atoms with Gasteiger partial charge in [0.05, 0.1) is 0 Å². The zero-order chi connectivity index (χ0) is 5.11. The van der Waals surface area contributed by atoms with Crippen LogP contribution in [0.5, 0.6) is 0 Å². The first-order valence-corrected chi connectivity index (χ1v) is 3.44. The second kappa shape index (κ2) is 2.31. The number of hydrogen-bond acceptors (Lipinski definition) is 1. The molecule has 0 aromatic carbocycles. The minimum atomic E-state index is 1.30. The molecule has 1 heterocycles. The number of aromatic nitrogens is 1. The van der Waals surface area contributed by atoms with Crippen LogP contribution in [-0.4, -0.2) is 27.5 Å². The summed E-state index contributed by atoms with van der Waals surface area (Å²) in [4.78, 5) is 3.91. The van der Waals surface area contributed by atoms with E-state index in [-0.39, 0.29) is 0 Å². The van der Waals surface area contributed by atoms with E-state index < -0.39 is 0 Å². The fourth-order valence-corrected chi connectivity index (χ4v) is 0.850. The molecule has 3 radical (unpaired) electrons. The monoisotopic (exact) mass is 198 g/mol. The van der Waals surface area contributed by atoms with Crippen LogP contribution in [0.15, 0.2) is 24.5 Å². The summed E-state index contributed by atoms with van der Waals surface area (Å²) < 4.78 is 1.30. The molecule has 0 unspecified atom stereocenters. The van der Waals surface area contributed by atoms with Gasteiger partial charge in [-0.25, -0.2) is 0 Å². The van der Waals surface area contributed by atoms with Crippen LogP contribution in [0.2, 0.25) is 0 Å². The summed E-state index contributed by atoms with van der Waals surface area (Å²) in [7, 11) is 0. The predicted molar refractivity (Wildman–Crippen MR) is 29.6 cm³/mol. The van der Waals surface area contributed by atoms with Crippen molar-refractivity contribution in [2.24, 2.45) is 0 Å². The molecule has 0 fully saturated rings. The summed E-state index contributed by atoms with van der Waals surface area (Å²) in [6.07, 6.45) is 3.66. The Morgan fingerprint density at radius 1 is 1.57 bits per heavy atom. The Bertz CT molecular complexity index is 138. The molecular weight excluding hydrogens is 193 g/mol. The first kappa shape index (κ1) is 5.09. The second-order valence-corrected chi connectivity index (χ2v) is 2.89. The first-order valence-electron chi connectivity index (χ1n) is 2.01. The minimum absolute atomic E-state index is 1.30. The van der Waals surface area contributed by atoms with Crippen LogP contribution in [-0.2, 0) is 0 Å². The van der Waals surface area contributed by atoms with Gasteiger partial charge in [-0.2, -0.15) is 0 Å². The molecule has 2 heteroatoms. The quantitative estimate of drug-likeness (QED) is 0.528. The number of pyridine rings is 1. The standard InChI is InChI=1S/C5H4N.Sn/c1-2-4-6-5-3-1;/h1-2,4-5H;. The van der Waals surface area contributed by atoms with Crippen molar-refractivity contribution < 1.29 is 0 Å². The van der Waals surface area contributed by atoms with Gasteiger partial charge in [0.15, 0.2) is 0 Å². The van der Waals surface area contributed by atoms with Crippen LogP contribution < -0.4 is 3.58 Å². The Balaban J connectivity index is 3.02. The molecule has 0 N–H and O–H groups in total. The Morgan fingerprint density at radius 3 is 2.71 bits per heavy atom. The SMILES string of the molecule is [Sn][c]1cccnc1. The van der Waals surface area contributed by atoms with Crippen molar-refractivity contribution >= 4 is 26.1 Å². The Kier molecular flexibility index (Phi) is 1.68. The maximum atomic E-state index is 3.91. The van der Waals surface area contributed by atoms with Gasteiger partial charge < -0.3 is 0 Å². The molecule has 0 saturated carbocycles. The second-order valence-electron chi connectivity index (χ2n) is 1.24. The van der Waals surface area contributed by atoms with Gasteiger partial charge >= 0.3 is 55.6 Å². The van der Waals surface area contributed by atoms with Gasteiger partial charge in [0.1, 0.15) is 0 Å². The molecule has 7 heavy (non-hydrogen) atoms. The average Bonchev–Trinajstić information content (AvgIpc) is 1.69. The first-order chi connectivity index (χ1) is 3.39. The van der Waals surface area contributed by atoms with Crippen LogP contribution in [0.4, 0.5) is 0 Å². The third-order valence-electron chi connectivity index (χ3n) is 0.662. The third kappa shape index (κ3) is 1.47. The predicted octanol–water partition coefficient (Wildman–Crippen LogP) is -0.125. The fourth-order valence-electron chi connectivity index (χ4n) is 0.363. The van der Waals surface area contributed by atoms with E-state index >= 15 is 0 Å². The van der Waals surface area contributed by atoms with Gasteiger partial charge in [-0.1, -0.05) is 0 Å². The van der Waals surface area contributed by atoms with E-state index in [0.29, 0.717) is 0 Å². The van der Waals surface area contributed by atoms with Gasteiger partial charge in [-0.15, -0.1) is 0 Å². The van der Waals surface area contributed by atoms with E-state index in [9.17, 15) is 0 Å². The summed E-state index contributed by atoms with van der Waals surface area (Å²) in [5.41, 5.74) is 0. The molecule has 0 aliphatic carbocycles. The van der Waals surface area contributed by atoms with Crippen molar-refractivity contribution in [3.63, 3.8) is 0 Å². The number of hydrogen-bond donors (Lipinski definition) is 0. The zero-order valence-electron chi connectivity index (χ0n) is 3.76. The number of nitrogens with zero attached hydrogens (tertiary/aromatic N) is 1. The Morgan fingerprint density at radius 2 is 2.43 bits per heavy atom. The molecule has 1 aromatic rings. The van der Waals surface area contributed by atoms with Crippen LogP contribution in [0.1, 0.15) is 0 Å². The zero-order valence-corrected chi connectivity index (χ0v) is 6.61. The van der Waals surface area contributed by atoms with Gasteiger partial charge in [0.2, 0.25) is 0 Å². The molecule has 1 aromatic heterocycles. The molecule has 1 rings (SSSR count). The van der Waals surface area contributed by atoms with E-state index in [1.807, 2.05) is 12.3 Å². The molecule has 0 atom stereocenters. The van der Waals surface area contributed by atoms with Gasteiger partial charge in [-0.3, -0.25) is 0 Å². The van der Waals surface area contributed by atoms with Crippen LogP contribution >= 0.6 is 0 Å². The van der Waals surface area contributed by atoms with Crippen molar-refractivity contribution in [1.29, 1.82) is 0 Å². The van der Waals surface area contributed by atoms with Crippen LogP contribution in [0.3, 0.4) is 0 Å². The average molecular weight is 197 g/mol. The van der Waals surface area contributed by atoms with Crippen LogP contribution in [0.25, 0.3) is 0 Å². The fraction of sp³-hybridized carbons (Fsp3) is 0. The summed E-state index contributed by atoms with van der Waals surface area (Å²) in [5, 5.41) is 0. The molecule has 33 valence electrons. The van der Waals surface area contributed by atoms with E-state index in [1.54, 1.807) is 6.20 Å². The molecule has 1 nitrogen and oxygen atoms in total. The van der Waals surface area contributed by atoms with Crippen molar-refractivity contribution in [3.8, 4) is 0 Å². The summed E-state index contributed by atoms with van der Waals surface area (Å²) in [6.45, 7) is 0. The molecule has 0 aliphatic rings. The molecular formula is C5H4NSn. The van der Waals surface area contributed by atoms with Gasteiger partial charge in [-0.05, 0) is 0 Å². The van der Waals surface area contributed by atoms with Gasteiger partial charge in [0, 0.05) is 0 Å². The molecule has 0 spiro atoms. The van der Waals surface area contributed by atoms with Crippen molar-refractivity contribution in [2.45, 2.75) is 0 Å². The molecule has 0 amide bonds. The summed E-state index contributed by atoms with van der Waals surface area (Å²) >= 11 is 1.43. The van der Waals surface area contributed by atoms with E-state index in [0.717, 1.165) is 0 Å². The molecule has 0 aliphatic heterocycles. The number of rotatable bonds is 0. The normalized spacial score (nSPS) is 8.71. The third-order valence-corrected chi connectivity index (χ3v) is 1.51. The molecule has 0 bridgehead atoms. The summed E-state index contributed by atoms with van der Waals surface area (Å²) in [5.74, 6) is 0. The van der Waals surface area contributed by atoms with Crippen molar-refractivity contribution in [3.05, 3.63) is 24.5 Å². The van der Waals surface area contributed by atoms with E-state index in [1.165, 1.54) is 26.1 Å². The van der Waals surface area contributed by atoms with Gasteiger partial charge in [0.25, 0.3) is 0 Å². The topological polar surface area (TPSA) is 12.9 Å². The van der Waals surface area contributed by atoms with E-state index in [4.69, 9.17) is 0 Å². The maximum absolute atomic E-state index is 3.91. The van der Waals surface area contributed by atoms with E-state index in [2.05, 4.69) is 11.1 Å². The Labute approximate surface area is 55.9 Å².